The van der Waals surface area contributed by atoms with Crippen molar-refractivity contribution >= 4 is 40.7 Å². The summed E-state index contributed by atoms with van der Waals surface area (Å²) < 4.78 is 12.1. The molecule has 10 heteroatoms. The molecule has 3 fully saturated rings. The first-order valence-electron chi connectivity index (χ1n) is 15.1. The highest BCUT2D eigenvalue weighted by molar-refractivity contribution is 6.42. The van der Waals surface area contributed by atoms with Crippen LogP contribution in [0.2, 0.25) is 10.0 Å². The quantitative estimate of drug-likeness (QED) is 0.368. The fraction of sp³-hybridized carbons (Fsp3) is 0.562. The number of likely N-dealkylation sites (tertiary alicyclic amines) is 2. The van der Waals surface area contributed by atoms with Gasteiger partial charge in [0.1, 0.15) is 11.3 Å². The van der Waals surface area contributed by atoms with Crippen LogP contribution in [0, 0.1) is 5.92 Å². The van der Waals surface area contributed by atoms with Gasteiger partial charge in [0, 0.05) is 50.4 Å². The summed E-state index contributed by atoms with van der Waals surface area (Å²) in [6.07, 6.45) is 6.91. The highest BCUT2D eigenvalue weighted by Gasteiger charge is 2.42. The van der Waals surface area contributed by atoms with Crippen LogP contribution in [0.25, 0.3) is 0 Å². The van der Waals surface area contributed by atoms with Gasteiger partial charge < -0.3 is 30.3 Å². The van der Waals surface area contributed by atoms with Crippen molar-refractivity contribution in [3.05, 3.63) is 58.1 Å². The molecule has 0 atom stereocenters. The molecule has 42 heavy (non-hydrogen) atoms. The van der Waals surface area contributed by atoms with Gasteiger partial charge >= 0.3 is 0 Å². The molecule has 0 radical (unpaired) electrons. The summed E-state index contributed by atoms with van der Waals surface area (Å²) in [5.41, 5.74) is 6.37. The highest BCUT2D eigenvalue weighted by Crippen LogP contribution is 2.40. The average Bonchev–Trinajstić information content (AvgIpc) is 3.55. The van der Waals surface area contributed by atoms with Crippen molar-refractivity contribution in [1.82, 2.24) is 9.80 Å². The number of piperidine rings is 2. The lowest BCUT2D eigenvalue weighted by atomic mass is 9.83. The summed E-state index contributed by atoms with van der Waals surface area (Å²) in [7, 11) is 1.62. The van der Waals surface area contributed by atoms with E-state index in [1.807, 2.05) is 47.4 Å². The van der Waals surface area contributed by atoms with Crippen LogP contribution < -0.4 is 15.8 Å². The number of carbonyl (C=O) groups excluding carboxylic acids is 2. The number of rotatable bonds is 10. The molecule has 2 aliphatic heterocycles. The standard InChI is InChI=1S/C32H42Cl2N4O4/c1-41-26-8-4-7-25(22-26)36-31(30(35)40)11-15-37(16-12-31)19-20-42-32(24-9-10-27(33)28(34)21-24)13-17-38(18-14-32)29(39)23-5-2-3-6-23/h4,7-10,21-23,36H,2-3,5-6,11-20H2,1H3,(H2,35,40). The average molecular weight is 618 g/mol. The van der Waals surface area contributed by atoms with Crippen molar-refractivity contribution in [1.29, 1.82) is 0 Å². The number of nitrogens with one attached hydrogen (secondary N) is 1. The Bertz CT molecular complexity index is 1250. The molecule has 0 unspecified atom stereocenters. The second-order valence-corrected chi connectivity index (χ2v) is 12.7. The number of hydrogen-bond donors (Lipinski definition) is 2. The lowest BCUT2D eigenvalue weighted by Gasteiger charge is -2.44. The number of nitrogens with zero attached hydrogens (tertiary/aromatic N) is 2. The van der Waals surface area contributed by atoms with Crippen LogP contribution in [0.4, 0.5) is 5.69 Å². The monoisotopic (exact) mass is 616 g/mol. The van der Waals surface area contributed by atoms with E-state index in [9.17, 15) is 9.59 Å². The number of hydrogen-bond acceptors (Lipinski definition) is 6. The fourth-order valence-corrected chi connectivity index (χ4v) is 7.05. The second kappa shape index (κ2) is 13.4. The van der Waals surface area contributed by atoms with E-state index in [2.05, 4.69) is 10.2 Å². The number of primary amides is 1. The molecular weight excluding hydrogens is 575 g/mol. The number of carbonyl (C=O) groups is 2. The van der Waals surface area contributed by atoms with E-state index in [0.29, 0.717) is 74.4 Å². The van der Waals surface area contributed by atoms with Gasteiger partial charge in [0.05, 0.1) is 29.4 Å². The van der Waals surface area contributed by atoms with Crippen LogP contribution in [-0.4, -0.2) is 73.6 Å². The largest absolute Gasteiger partial charge is 0.497 e. The summed E-state index contributed by atoms with van der Waals surface area (Å²) >= 11 is 12.7. The highest BCUT2D eigenvalue weighted by atomic mass is 35.5. The van der Waals surface area contributed by atoms with Gasteiger partial charge in [-0.15, -0.1) is 0 Å². The third-order valence-electron chi connectivity index (χ3n) is 9.45. The minimum absolute atomic E-state index is 0.174. The van der Waals surface area contributed by atoms with Gasteiger partial charge in [-0.05, 0) is 68.4 Å². The Labute approximate surface area is 258 Å². The van der Waals surface area contributed by atoms with Gasteiger partial charge in [-0.2, -0.15) is 0 Å². The zero-order chi connectivity index (χ0) is 29.7. The lowest BCUT2D eigenvalue weighted by molar-refractivity contribution is -0.144. The summed E-state index contributed by atoms with van der Waals surface area (Å²) in [5.74, 6) is 0.843. The zero-order valence-corrected chi connectivity index (χ0v) is 25.9. The van der Waals surface area contributed by atoms with Crippen molar-refractivity contribution < 1.29 is 19.1 Å². The summed E-state index contributed by atoms with van der Waals surface area (Å²) in [6.45, 7) is 4.00. The maximum absolute atomic E-state index is 13.1. The van der Waals surface area contributed by atoms with Gasteiger partial charge in [0.15, 0.2) is 0 Å². The van der Waals surface area contributed by atoms with Crippen LogP contribution in [0.1, 0.15) is 56.9 Å². The molecule has 3 aliphatic rings. The molecule has 8 nitrogen and oxygen atoms in total. The molecule has 228 valence electrons. The Morgan fingerprint density at radius 3 is 2.33 bits per heavy atom. The minimum Gasteiger partial charge on any atom is -0.497 e. The smallest absolute Gasteiger partial charge is 0.243 e. The third kappa shape index (κ3) is 6.83. The maximum Gasteiger partial charge on any atom is 0.243 e. The number of ether oxygens (including phenoxy) is 2. The van der Waals surface area contributed by atoms with Crippen LogP contribution in [-0.2, 0) is 19.9 Å². The Balaban J connectivity index is 1.20. The number of nitrogens with two attached hydrogens (primary N) is 1. The molecule has 5 rings (SSSR count). The van der Waals surface area contributed by atoms with Crippen LogP contribution in [0.5, 0.6) is 5.75 Å². The first-order chi connectivity index (χ1) is 20.2. The molecule has 0 bridgehead atoms. The SMILES string of the molecule is COc1cccc(NC2(C(N)=O)CCN(CCOC3(c4ccc(Cl)c(Cl)c4)CCN(C(=O)C4CCCC4)CC3)CC2)c1. The fourth-order valence-electron chi connectivity index (χ4n) is 6.75. The van der Waals surface area contributed by atoms with E-state index < -0.39 is 11.1 Å². The van der Waals surface area contributed by atoms with Gasteiger partial charge in [0.2, 0.25) is 11.8 Å². The first-order valence-corrected chi connectivity index (χ1v) is 15.8. The molecule has 1 saturated carbocycles. The minimum atomic E-state index is -0.816. The number of anilines is 1. The van der Waals surface area contributed by atoms with E-state index >= 15 is 0 Å². The lowest BCUT2D eigenvalue weighted by Crippen LogP contribution is -2.57. The Kier molecular flexibility index (Phi) is 9.88. The molecule has 2 aromatic carbocycles. The van der Waals surface area contributed by atoms with Crippen molar-refractivity contribution in [2.75, 3.05) is 51.8 Å². The van der Waals surface area contributed by atoms with Crippen molar-refractivity contribution in [2.24, 2.45) is 11.7 Å². The van der Waals surface area contributed by atoms with E-state index in [0.717, 1.165) is 49.2 Å². The Morgan fingerprint density at radius 2 is 1.69 bits per heavy atom. The number of benzene rings is 2. The van der Waals surface area contributed by atoms with E-state index in [4.69, 9.17) is 38.4 Å². The normalized spacial score (nSPS) is 20.8. The maximum atomic E-state index is 13.1. The summed E-state index contributed by atoms with van der Waals surface area (Å²) in [4.78, 5) is 30.1. The van der Waals surface area contributed by atoms with Crippen LogP contribution in [0.15, 0.2) is 42.5 Å². The number of amides is 2. The van der Waals surface area contributed by atoms with Crippen molar-refractivity contribution in [3.63, 3.8) is 0 Å². The molecule has 2 saturated heterocycles. The van der Waals surface area contributed by atoms with Crippen LogP contribution >= 0.6 is 23.2 Å². The first kappa shape index (κ1) is 30.9. The van der Waals surface area contributed by atoms with Gasteiger partial charge in [-0.3, -0.25) is 9.59 Å². The molecule has 2 amide bonds. The van der Waals surface area contributed by atoms with Gasteiger partial charge in [0.25, 0.3) is 0 Å². The molecule has 3 N–H and O–H groups in total. The van der Waals surface area contributed by atoms with E-state index in [-0.39, 0.29) is 11.8 Å². The van der Waals surface area contributed by atoms with Gasteiger partial charge in [-0.25, -0.2) is 0 Å². The topological polar surface area (TPSA) is 97.1 Å². The molecular formula is C32H42Cl2N4O4. The van der Waals surface area contributed by atoms with Crippen molar-refractivity contribution in [3.8, 4) is 5.75 Å². The molecule has 0 aromatic heterocycles. The zero-order valence-electron chi connectivity index (χ0n) is 24.4. The summed E-state index contributed by atoms with van der Waals surface area (Å²) in [6, 6.07) is 13.3. The Morgan fingerprint density at radius 1 is 0.976 bits per heavy atom. The van der Waals surface area contributed by atoms with Crippen LogP contribution in [0.3, 0.4) is 0 Å². The second-order valence-electron chi connectivity index (χ2n) is 11.9. The van der Waals surface area contributed by atoms with Gasteiger partial charge in [-0.1, -0.05) is 48.2 Å². The molecule has 1 aliphatic carbocycles. The predicted octanol–water partition coefficient (Wildman–Crippen LogP) is 5.46. The Hall–Kier alpha value is -2.52. The van der Waals surface area contributed by atoms with E-state index in [1.165, 1.54) is 0 Å². The molecule has 2 aromatic rings. The van der Waals surface area contributed by atoms with E-state index in [1.54, 1.807) is 7.11 Å². The molecule has 2 heterocycles. The predicted molar refractivity (Wildman–Crippen MR) is 166 cm³/mol. The summed E-state index contributed by atoms with van der Waals surface area (Å²) in [5, 5.41) is 4.42. The third-order valence-corrected chi connectivity index (χ3v) is 10.2. The van der Waals surface area contributed by atoms with Crippen molar-refractivity contribution in [2.45, 2.75) is 62.5 Å². The number of halogens is 2. The number of methoxy groups -OCH3 is 1. The molecule has 0 spiro atoms.